The molecular weight excluding hydrogens is 204 g/mol. The van der Waals surface area contributed by atoms with E-state index in [-0.39, 0.29) is 0 Å². The normalized spacial score (nSPS) is 12.0. The lowest BCUT2D eigenvalue weighted by Crippen LogP contribution is -2.23. The third-order valence-electron chi connectivity index (χ3n) is 2.03. The minimum absolute atomic E-state index is 0.911. The van der Waals surface area contributed by atoms with Crippen LogP contribution in [0.3, 0.4) is 0 Å². The van der Waals surface area contributed by atoms with Crippen LogP contribution >= 0.6 is 15.3 Å². The molecule has 0 aliphatic carbocycles. The Morgan fingerprint density at radius 1 is 1.00 bits per heavy atom. The average Bonchev–Trinajstić information content (AvgIpc) is 1.89. The van der Waals surface area contributed by atoms with Crippen LogP contribution in [0.5, 0.6) is 0 Å². The van der Waals surface area contributed by atoms with Crippen LogP contribution in [0.2, 0.25) is 18.1 Å². The van der Waals surface area contributed by atoms with E-state index in [9.17, 15) is 0 Å². The molecule has 2 heteroatoms. The molecule has 0 unspecified atom stereocenters. The zero-order valence-corrected chi connectivity index (χ0v) is 10.00. The standard InChI is InChI=1S/C8H19BrSi/c1-4-7-10(9,6-3)8-5-2/h4-8H2,1-3H3. The number of halogens is 1. The fourth-order valence-electron chi connectivity index (χ4n) is 1.37. The maximum Gasteiger partial charge on any atom is 0.130 e. The Balaban J connectivity index is 3.69. The quantitative estimate of drug-likeness (QED) is 0.484. The van der Waals surface area contributed by atoms with Crippen LogP contribution in [0, 0.1) is 0 Å². The highest BCUT2D eigenvalue weighted by molar-refractivity contribution is 9.26. The maximum atomic E-state index is 3.94. The third-order valence-corrected chi connectivity index (χ3v) is 10.2. The first-order valence-electron chi connectivity index (χ1n) is 4.37. The molecule has 0 aliphatic heterocycles. The van der Waals surface area contributed by atoms with E-state index in [1.807, 2.05) is 0 Å². The van der Waals surface area contributed by atoms with Gasteiger partial charge in [-0.05, 0) is 12.1 Å². The topological polar surface area (TPSA) is 0 Å². The fourth-order valence-corrected chi connectivity index (χ4v) is 6.50. The highest BCUT2D eigenvalue weighted by Crippen LogP contribution is 2.29. The first kappa shape index (κ1) is 10.7. The van der Waals surface area contributed by atoms with E-state index in [0.717, 1.165) is 0 Å². The lowest BCUT2D eigenvalue weighted by atomic mass is 10.6. The summed E-state index contributed by atoms with van der Waals surface area (Å²) in [6.45, 7) is 5.99. The SMILES string of the molecule is CCC[Si](Br)(CC)CCC. The summed E-state index contributed by atoms with van der Waals surface area (Å²) in [4.78, 5) is 0. The Morgan fingerprint density at radius 3 is 1.60 bits per heavy atom. The summed E-state index contributed by atoms with van der Waals surface area (Å²) in [5.41, 5.74) is 0. The average molecular weight is 223 g/mol. The van der Waals surface area contributed by atoms with Crippen molar-refractivity contribution < 1.29 is 0 Å². The van der Waals surface area contributed by atoms with Crippen molar-refractivity contribution in [1.29, 1.82) is 0 Å². The first-order chi connectivity index (χ1) is 4.68. The third kappa shape index (κ3) is 3.77. The number of rotatable bonds is 5. The molecule has 0 rings (SSSR count). The van der Waals surface area contributed by atoms with Gasteiger partial charge in [0.1, 0.15) is 6.69 Å². The number of hydrogen-bond acceptors (Lipinski definition) is 0. The molecule has 0 spiro atoms. The van der Waals surface area contributed by atoms with E-state index >= 15 is 0 Å². The molecule has 0 aliphatic rings. The van der Waals surface area contributed by atoms with Gasteiger partial charge in [0.25, 0.3) is 0 Å². The molecule has 0 fully saturated rings. The first-order valence-corrected chi connectivity index (χ1v) is 9.25. The lowest BCUT2D eigenvalue weighted by Gasteiger charge is -2.21. The second-order valence-corrected chi connectivity index (χ2v) is 12.1. The molecule has 62 valence electrons. The Kier molecular flexibility index (Phi) is 5.73. The van der Waals surface area contributed by atoms with Crippen molar-refractivity contribution in [2.75, 3.05) is 0 Å². The van der Waals surface area contributed by atoms with Crippen LogP contribution in [0.25, 0.3) is 0 Å². The molecule has 0 aromatic heterocycles. The molecule has 0 bridgehead atoms. The van der Waals surface area contributed by atoms with Crippen molar-refractivity contribution in [1.82, 2.24) is 0 Å². The van der Waals surface area contributed by atoms with E-state index < -0.39 is 6.69 Å². The molecule has 0 atom stereocenters. The van der Waals surface area contributed by atoms with Gasteiger partial charge in [-0.25, -0.2) is 0 Å². The molecule has 0 amide bonds. The van der Waals surface area contributed by atoms with Crippen molar-refractivity contribution >= 4 is 22.0 Å². The summed E-state index contributed by atoms with van der Waals surface area (Å²) in [5, 5.41) is 0. The van der Waals surface area contributed by atoms with Crippen molar-refractivity contribution in [2.45, 2.75) is 51.7 Å². The predicted molar refractivity (Wildman–Crippen MR) is 55.4 cm³/mol. The molecule has 0 saturated carbocycles. The van der Waals surface area contributed by atoms with Crippen LogP contribution in [-0.2, 0) is 0 Å². The molecule has 0 nitrogen and oxygen atoms in total. The Hall–Kier alpha value is 0.697. The summed E-state index contributed by atoms with van der Waals surface area (Å²) in [5.74, 6) is 0. The van der Waals surface area contributed by atoms with Gasteiger partial charge in [-0.3, -0.25) is 0 Å². The maximum absolute atomic E-state index is 3.94. The van der Waals surface area contributed by atoms with Gasteiger partial charge in [0.15, 0.2) is 0 Å². The molecule has 0 aromatic carbocycles. The summed E-state index contributed by atoms with van der Waals surface area (Å²) >= 11 is 3.94. The van der Waals surface area contributed by atoms with Gasteiger partial charge in [-0.2, -0.15) is 0 Å². The minimum atomic E-state index is -0.911. The van der Waals surface area contributed by atoms with Gasteiger partial charge in [0, 0.05) is 0 Å². The van der Waals surface area contributed by atoms with E-state index in [4.69, 9.17) is 0 Å². The second kappa shape index (κ2) is 5.36. The summed E-state index contributed by atoms with van der Waals surface area (Å²) in [6, 6.07) is 4.31. The van der Waals surface area contributed by atoms with Crippen molar-refractivity contribution in [3.8, 4) is 0 Å². The van der Waals surface area contributed by atoms with Crippen LogP contribution in [0.4, 0.5) is 0 Å². The van der Waals surface area contributed by atoms with Gasteiger partial charge < -0.3 is 0 Å². The molecule has 0 radical (unpaired) electrons. The van der Waals surface area contributed by atoms with Crippen LogP contribution in [0.15, 0.2) is 0 Å². The summed E-state index contributed by atoms with van der Waals surface area (Å²) < 4.78 is 0. The summed E-state index contributed by atoms with van der Waals surface area (Å²) in [7, 11) is 0. The van der Waals surface area contributed by atoms with E-state index in [2.05, 4.69) is 36.1 Å². The smallest absolute Gasteiger partial charge is 0.126 e. The monoisotopic (exact) mass is 222 g/mol. The van der Waals surface area contributed by atoms with Crippen molar-refractivity contribution in [3.63, 3.8) is 0 Å². The largest absolute Gasteiger partial charge is 0.130 e. The fraction of sp³-hybridized carbons (Fsp3) is 1.00. The van der Waals surface area contributed by atoms with Gasteiger partial charge >= 0.3 is 0 Å². The second-order valence-electron chi connectivity index (χ2n) is 3.00. The lowest BCUT2D eigenvalue weighted by molar-refractivity contribution is 0.987. The van der Waals surface area contributed by atoms with Gasteiger partial charge in [0.2, 0.25) is 0 Å². The highest BCUT2D eigenvalue weighted by atomic mass is 79.9. The molecule has 0 N–H and O–H groups in total. The van der Waals surface area contributed by atoms with E-state index in [0.29, 0.717) is 0 Å². The van der Waals surface area contributed by atoms with Crippen LogP contribution in [0.1, 0.15) is 33.6 Å². The predicted octanol–water partition coefficient (Wildman–Crippen LogP) is 4.17. The summed E-state index contributed by atoms with van der Waals surface area (Å²) in [6.07, 6.45) is 2.70. The number of hydrogen-bond donors (Lipinski definition) is 0. The Labute approximate surface area is 74.0 Å². The zero-order valence-electron chi connectivity index (χ0n) is 7.41. The van der Waals surface area contributed by atoms with Gasteiger partial charge in [-0.1, -0.05) is 39.7 Å². The Bertz CT molecular complexity index is 77.3. The highest BCUT2D eigenvalue weighted by Gasteiger charge is 2.24. The van der Waals surface area contributed by atoms with Crippen molar-refractivity contribution in [3.05, 3.63) is 0 Å². The van der Waals surface area contributed by atoms with E-state index in [1.54, 1.807) is 0 Å². The van der Waals surface area contributed by atoms with E-state index in [1.165, 1.54) is 31.0 Å². The minimum Gasteiger partial charge on any atom is -0.126 e. The molecule has 10 heavy (non-hydrogen) atoms. The van der Waals surface area contributed by atoms with Crippen LogP contribution in [-0.4, -0.2) is 6.69 Å². The van der Waals surface area contributed by atoms with Crippen LogP contribution < -0.4 is 0 Å². The molecule has 0 aromatic rings. The van der Waals surface area contributed by atoms with Gasteiger partial charge in [-0.15, -0.1) is 15.3 Å². The zero-order chi connectivity index (χ0) is 8.04. The molecule has 0 heterocycles. The molecule has 0 saturated heterocycles. The van der Waals surface area contributed by atoms with Crippen molar-refractivity contribution in [2.24, 2.45) is 0 Å². The van der Waals surface area contributed by atoms with Gasteiger partial charge in [0.05, 0.1) is 0 Å². The Morgan fingerprint density at radius 2 is 1.40 bits per heavy atom. The molecular formula is C8H19BrSi.